The highest BCUT2D eigenvalue weighted by atomic mass is 16.5. The monoisotopic (exact) mass is 630 g/mol. The van der Waals surface area contributed by atoms with Crippen molar-refractivity contribution in [3.8, 4) is 0 Å². The number of benzene rings is 4. The number of aromatic nitrogens is 1. The van der Waals surface area contributed by atoms with Gasteiger partial charge in [0.05, 0.1) is 6.61 Å². The number of nitrogens with zero attached hydrogens (tertiary/aromatic N) is 1. The summed E-state index contributed by atoms with van der Waals surface area (Å²) in [6.45, 7) is 7.25. The molecule has 0 saturated heterocycles. The lowest BCUT2D eigenvalue weighted by atomic mass is 9.99. The minimum atomic E-state index is -0.779. The van der Waals surface area contributed by atoms with Crippen LogP contribution < -0.4 is 5.32 Å². The van der Waals surface area contributed by atoms with E-state index < -0.39 is 12.0 Å². The molecule has 5 rings (SSSR count). The Morgan fingerprint density at radius 3 is 2.30 bits per heavy atom. The van der Waals surface area contributed by atoms with Gasteiger partial charge in [0.25, 0.3) is 0 Å². The lowest BCUT2D eigenvalue weighted by Gasteiger charge is -2.20. The average molecular weight is 631 g/mol. The summed E-state index contributed by atoms with van der Waals surface area (Å²) in [5.74, 6) is -0.244. The summed E-state index contributed by atoms with van der Waals surface area (Å²) < 4.78 is 12.9. The third-order valence-electron chi connectivity index (χ3n) is 7.97. The molecule has 1 unspecified atom stereocenters. The number of esters is 2. The first-order chi connectivity index (χ1) is 22.8. The summed E-state index contributed by atoms with van der Waals surface area (Å²) in [5.41, 5.74) is 5.50. The van der Waals surface area contributed by atoms with Crippen LogP contribution in [0.2, 0.25) is 0 Å². The molecule has 7 heteroatoms. The van der Waals surface area contributed by atoms with Gasteiger partial charge >= 0.3 is 11.9 Å². The Hall–Kier alpha value is -5.17. The minimum Gasteiger partial charge on any atom is -0.466 e. The second kappa shape index (κ2) is 15.9. The Kier molecular flexibility index (Phi) is 11.2. The van der Waals surface area contributed by atoms with Crippen LogP contribution in [0, 0.1) is 5.92 Å². The highest BCUT2D eigenvalue weighted by Crippen LogP contribution is 2.28. The van der Waals surface area contributed by atoms with Crippen molar-refractivity contribution < 1.29 is 23.9 Å². The third kappa shape index (κ3) is 8.76. The van der Waals surface area contributed by atoms with Crippen molar-refractivity contribution in [3.63, 3.8) is 0 Å². The molecule has 0 radical (unpaired) electrons. The molecule has 1 N–H and O–H groups in total. The number of ether oxygens (including phenoxy) is 2. The largest absolute Gasteiger partial charge is 0.466 e. The zero-order chi connectivity index (χ0) is 33.2. The summed E-state index contributed by atoms with van der Waals surface area (Å²) in [6, 6.07) is 31.8. The molecule has 0 amide bonds. The molecule has 7 nitrogen and oxygen atoms in total. The van der Waals surface area contributed by atoms with Crippen LogP contribution >= 0.6 is 0 Å². The Morgan fingerprint density at radius 1 is 0.809 bits per heavy atom. The van der Waals surface area contributed by atoms with Crippen molar-refractivity contribution in [2.24, 2.45) is 5.92 Å². The lowest BCUT2D eigenvalue weighted by molar-refractivity contribution is -0.146. The number of hydrogen-bond donors (Lipinski definition) is 1. The number of ketones is 1. The number of carbonyl (C=O) groups excluding carboxylic acids is 3. The van der Waals surface area contributed by atoms with Crippen molar-refractivity contribution in [2.75, 3.05) is 11.9 Å². The maximum absolute atomic E-state index is 14.0. The van der Waals surface area contributed by atoms with Gasteiger partial charge in [-0.15, -0.1) is 0 Å². The van der Waals surface area contributed by atoms with E-state index in [0.29, 0.717) is 48.7 Å². The third-order valence-corrected chi connectivity index (χ3v) is 7.97. The van der Waals surface area contributed by atoms with Gasteiger partial charge in [-0.3, -0.25) is 9.59 Å². The van der Waals surface area contributed by atoms with E-state index in [4.69, 9.17) is 9.47 Å². The normalized spacial score (nSPS) is 11.7. The molecule has 0 spiro atoms. The van der Waals surface area contributed by atoms with Crippen molar-refractivity contribution in [1.82, 2.24) is 4.57 Å². The molecule has 1 aromatic heterocycles. The van der Waals surface area contributed by atoms with Crippen LogP contribution in [0.15, 0.2) is 109 Å². The van der Waals surface area contributed by atoms with Crippen molar-refractivity contribution in [3.05, 3.63) is 137 Å². The van der Waals surface area contributed by atoms with E-state index in [0.717, 1.165) is 28.5 Å². The number of anilines is 1. The van der Waals surface area contributed by atoms with Gasteiger partial charge in [-0.25, -0.2) is 4.79 Å². The van der Waals surface area contributed by atoms with Crippen LogP contribution in [0.3, 0.4) is 0 Å². The molecule has 242 valence electrons. The van der Waals surface area contributed by atoms with Crippen molar-refractivity contribution in [1.29, 1.82) is 0 Å². The van der Waals surface area contributed by atoms with E-state index in [1.165, 1.54) is 5.56 Å². The van der Waals surface area contributed by atoms with E-state index in [-0.39, 0.29) is 18.4 Å². The quantitative estimate of drug-likeness (QED) is 0.0925. The van der Waals surface area contributed by atoms with Gasteiger partial charge in [0.1, 0.15) is 6.61 Å². The van der Waals surface area contributed by atoms with Crippen LogP contribution in [0.4, 0.5) is 5.69 Å². The molecule has 5 aromatic rings. The van der Waals surface area contributed by atoms with Crippen LogP contribution in [-0.4, -0.2) is 28.9 Å². The second-order valence-corrected chi connectivity index (χ2v) is 12.1. The van der Waals surface area contributed by atoms with Gasteiger partial charge in [-0.05, 0) is 60.6 Å². The molecule has 0 aliphatic carbocycles. The summed E-state index contributed by atoms with van der Waals surface area (Å²) in [7, 11) is 0. The smallest absolute Gasteiger partial charge is 0.333 e. The first-order valence-corrected chi connectivity index (χ1v) is 16.3. The Morgan fingerprint density at radius 2 is 1.55 bits per heavy atom. The van der Waals surface area contributed by atoms with Gasteiger partial charge in [0, 0.05) is 46.9 Å². The number of nitrogens with one attached hydrogen (secondary N) is 1. The van der Waals surface area contributed by atoms with Crippen molar-refractivity contribution >= 4 is 34.3 Å². The molecule has 0 fully saturated rings. The van der Waals surface area contributed by atoms with Gasteiger partial charge in [0.2, 0.25) is 0 Å². The number of hydrogen-bond acceptors (Lipinski definition) is 6. The molecule has 1 atom stereocenters. The fourth-order valence-corrected chi connectivity index (χ4v) is 5.72. The molecular weight excluding hydrogens is 588 g/mol. The van der Waals surface area contributed by atoms with Gasteiger partial charge in [-0.2, -0.15) is 0 Å². The van der Waals surface area contributed by atoms with Gasteiger partial charge in [0.15, 0.2) is 11.8 Å². The van der Waals surface area contributed by atoms with Crippen LogP contribution in [0.1, 0.15) is 72.3 Å². The molecule has 1 heterocycles. The van der Waals surface area contributed by atoms with E-state index in [2.05, 4.69) is 31.3 Å². The van der Waals surface area contributed by atoms with Crippen LogP contribution in [0.25, 0.3) is 10.9 Å². The van der Waals surface area contributed by atoms with Gasteiger partial charge in [-0.1, -0.05) is 98.8 Å². The van der Waals surface area contributed by atoms with E-state index in [9.17, 15) is 14.4 Å². The van der Waals surface area contributed by atoms with Crippen molar-refractivity contribution in [2.45, 2.75) is 59.2 Å². The summed E-state index contributed by atoms with van der Waals surface area (Å²) in [4.78, 5) is 39.4. The zero-order valence-corrected chi connectivity index (χ0v) is 27.3. The fraction of sp³-hybridized carbons (Fsp3) is 0.275. The SMILES string of the molecule is CCOC(=O)CCCn1cc(C(=O)c2cccc(NC(C(=O)OCc3ccccc3)c3ccc(CC(C)C)cc3)c2)c2ccccc21. The topological polar surface area (TPSA) is 86.6 Å². The molecule has 0 bridgehead atoms. The molecule has 0 saturated carbocycles. The Balaban J connectivity index is 1.38. The van der Waals surface area contributed by atoms with E-state index >= 15 is 0 Å². The zero-order valence-electron chi connectivity index (χ0n) is 27.3. The average Bonchev–Trinajstić information content (AvgIpc) is 3.45. The molecular formula is C40H42N2O5. The summed E-state index contributed by atoms with van der Waals surface area (Å²) in [6.07, 6.45) is 3.72. The predicted molar refractivity (Wildman–Crippen MR) is 185 cm³/mol. The summed E-state index contributed by atoms with van der Waals surface area (Å²) in [5, 5.41) is 4.20. The maximum atomic E-state index is 14.0. The number of aryl methyl sites for hydroxylation is 1. The number of fused-ring (bicyclic) bond motifs is 1. The van der Waals surface area contributed by atoms with Crippen LogP contribution in [0.5, 0.6) is 0 Å². The predicted octanol–water partition coefficient (Wildman–Crippen LogP) is 8.31. The molecule has 0 aliphatic rings. The first kappa shape index (κ1) is 33.2. The van der Waals surface area contributed by atoms with Gasteiger partial charge < -0.3 is 19.4 Å². The van der Waals surface area contributed by atoms with E-state index in [1.54, 1.807) is 19.1 Å². The lowest BCUT2D eigenvalue weighted by Crippen LogP contribution is -2.23. The number of carbonyl (C=O) groups is 3. The Bertz CT molecular complexity index is 1810. The van der Waals surface area contributed by atoms with E-state index in [1.807, 2.05) is 89.6 Å². The minimum absolute atomic E-state index is 0.129. The maximum Gasteiger partial charge on any atom is 0.333 e. The Labute approximate surface area is 276 Å². The molecule has 0 aliphatic heterocycles. The standard InChI is InChI=1S/C40H42N2O5/c1-4-46-37(43)18-11-23-42-26-35(34-16-8-9-17-36(34)42)39(44)32-14-10-15-33(25-32)41-38(31-21-19-29(20-22-31)24-28(2)3)40(45)47-27-30-12-6-5-7-13-30/h5-10,12-17,19-22,25-26,28,38,41H,4,11,18,23-24,27H2,1-3H3. The van der Waals surface area contributed by atoms with Crippen LogP contribution in [-0.2, 0) is 38.6 Å². The second-order valence-electron chi connectivity index (χ2n) is 12.1. The highest BCUT2D eigenvalue weighted by molar-refractivity contribution is 6.16. The number of rotatable bonds is 15. The fourth-order valence-electron chi connectivity index (χ4n) is 5.72. The molecule has 4 aromatic carbocycles. The number of para-hydroxylation sites is 1. The highest BCUT2D eigenvalue weighted by Gasteiger charge is 2.24. The first-order valence-electron chi connectivity index (χ1n) is 16.3. The summed E-state index contributed by atoms with van der Waals surface area (Å²) >= 11 is 0. The molecule has 47 heavy (non-hydrogen) atoms.